The number of amides is 1. The summed E-state index contributed by atoms with van der Waals surface area (Å²) in [5.41, 5.74) is 0.650. The van der Waals surface area contributed by atoms with Crippen molar-refractivity contribution in [2.24, 2.45) is 5.10 Å². The summed E-state index contributed by atoms with van der Waals surface area (Å²) in [5.74, 6) is -1.76. The summed E-state index contributed by atoms with van der Waals surface area (Å²) >= 11 is 1.13. The van der Waals surface area contributed by atoms with Gasteiger partial charge in [0.25, 0.3) is 5.91 Å². The highest BCUT2D eigenvalue weighted by atomic mass is 32.2. The zero-order valence-electron chi connectivity index (χ0n) is 18.4. The first-order valence-corrected chi connectivity index (χ1v) is 12.9. The Labute approximate surface area is 196 Å². The fraction of sp³-hybridized carbons (Fsp3) is 0.364. The van der Waals surface area contributed by atoms with Gasteiger partial charge in [-0.15, -0.1) is 0 Å². The Morgan fingerprint density at radius 3 is 2.58 bits per heavy atom. The SMILES string of the molecule is COC(C)C(=O)N1N=C(c2cc(F)ccc2F)SC1(CCCNS(C)(=O)=O)c1ccccc1. The van der Waals surface area contributed by atoms with E-state index < -0.39 is 38.5 Å². The summed E-state index contributed by atoms with van der Waals surface area (Å²) in [7, 11) is -2.00. The van der Waals surface area contributed by atoms with E-state index in [2.05, 4.69) is 9.82 Å². The van der Waals surface area contributed by atoms with Gasteiger partial charge in [-0.05, 0) is 43.5 Å². The van der Waals surface area contributed by atoms with Gasteiger partial charge >= 0.3 is 0 Å². The Morgan fingerprint density at radius 2 is 1.94 bits per heavy atom. The fourth-order valence-corrected chi connectivity index (χ4v) is 5.37. The Kier molecular flexibility index (Phi) is 7.88. The van der Waals surface area contributed by atoms with Gasteiger partial charge in [0.05, 0.1) is 6.26 Å². The van der Waals surface area contributed by atoms with Crippen molar-refractivity contribution < 1.29 is 26.7 Å². The molecule has 0 aromatic heterocycles. The average Bonchev–Trinajstić information content (AvgIpc) is 3.18. The molecule has 2 atom stereocenters. The number of carbonyl (C=O) groups is 1. The predicted octanol–water partition coefficient (Wildman–Crippen LogP) is 3.42. The smallest absolute Gasteiger partial charge is 0.273 e. The van der Waals surface area contributed by atoms with Crippen LogP contribution in [0.4, 0.5) is 8.78 Å². The quantitative estimate of drug-likeness (QED) is 0.537. The number of sulfonamides is 1. The third-order valence-corrected chi connectivity index (χ3v) is 7.32. The van der Waals surface area contributed by atoms with E-state index in [1.165, 1.54) is 12.1 Å². The highest BCUT2D eigenvalue weighted by Gasteiger charge is 2.49. The molecule has 1 aliphatic heterocycles. The minimum absolute atomic E-state index is 0.0602. The van der Waals surface area contributed by atoms with Crippen LogP contribution in [0.5, 0.6) is 0 Å². The summed E-state index contributed by atoms with van der Waals surface area (Å²) in [5, 5.41) is 5.82. The van der Waals surface area contributed by atoms with Crippen LogP contribution in [0.1, 0.15) is 30.9 Å². The van der Waals surface area contributed by atoms with Gasteiger partial charge < -0.3 is 4.74 Å². The maximum absolute atomic E-state index is 14.6. The van der Waals surface area contributed by atoms with Crippen LogP contribution in [-0.2, 0) is 24.4 Å². The summed E-state index contributed by atoms with van der Waals surface area (Å²) in [6, 6.07) is 12.1. The summed E-state index contributed by atoms with van der Waals surface area (Å²) in [6.45, 7) is 1.71. The van der Waals surface area contributed by atoms with Crippen molar-refractivity contribution in [2.45, 2.75) is 30.7 Å². The minimum Gasteiger partial charge on any atom is -0.372 e. The summed E-state index contributed by atoms with van der Waals surface area (Å²) in [6.07, 6.45) is 0.863. The molecule has 0 bridgehead atoms. The number of rotatable bonds is 9. The molecule has 0 saturated heterocycles. The first-order chi connectivity index (χ1) is 15.6. The minimum atomic E-state index is -3.39. The lowest BCUT2D eigenvalue weighted by molar-refractivity contribution is -0.144. The molecule has 0 aliphatic carbocycles. The normalized spacial score (nSPS) is 19.4. The van der Waals surface area contributed by atoms with Crippen molar-refractivity contribution in [2.75, 3.05) is 19.9 Å². The Bertz CT molecular complexity index is 1150. The van der Waals surface area contributed by atoms with Crippen LogP contribution in [0, 0.1) is 11.6 Å². The third kappa shape index (κ3) is 5.78. The molecular weight excluding hydrogens is 472 g/mol. The van der Waals surface area contributed by atoms with Crippen LogP contribution >= 0.6 is 11.8 Å². The molecule has 7 nitrogen and oxygen atoms in total. The van der Waals surface area contributed by atoms with Crippen LogP contribution in [0.3, 0.4) is 0 Å². The van der Waals surface area contributed by atoms with Gasteiger partial charge in [-0.3, -0.25) is 4.79 Å². The van der Waals surface area contributed by atoms with Crippen molar-refractivity contribution in [1.29, 1.82) is 0 Å². The lowest BCUT2D eigenvalue weighted by atomic mass is 10.00. The molecule has 0 spiro atoms. The van der Waals surface area contributed by atoms with Crippen molar-refractivity contribution >= 4 is 32.7 Å². The molecule has 0 saturated carbocycles. The number of carbonyl (C=O) groups excluding carboxylic acids is 1. The Balaban J connectivity index is 2.08. The topological polar surface area (TPSA) is 88.1 Å². The second-order valence-electron chi connectivity index (χ2n) is 7.58. The number of nitrogens with one attached hydrogen (secondary N) is 1. The van der Waals surface area contributed by atoms with Crippen LogP contribution in [0.2, 0.25) is 0 Å². The summed E-state index contributed by atoms with van der Waals surface area (Å²) in [4.78, 5) is 12.2. The number of hydrazone groups is 1. The second-order valence-corrected chi connectivity index (χ2v) is 10.7. The molecular formula is C22H25F2N3O4S2. The van der Waals surface area contributed by atoms with Crippen molar-refractivity contribution in [3.05, 3.63) is 71.3 Å². The van der Waals surface area contributed by atoms with Gasteiger partial charge in [0.15, 0.2) is 0 Å². The largest absolute Gasteiger partial charge is 0.372 e. The Morgan fingerprint density at radius 1 is 1.24 bits per heavy atom. The molecule has 3 rings (SSSR count). The molecule has 1 heterocycles. The number of methoxy groups -OCH3 is 1. The lowest BCUT2D eigenvalue weighted by Gasteiger charge is -2.37. The van der Waals surface area contributed by atoms with E-state index in [0.29, 0.717) is 12.0 Å². The number of hydrogen-bond acceptors (Lipinski definition) is 6. The van der Waals surface area contributed by atoms with Crippen LogP contribution in [-0.4, -0.2) is 50.4 Å². The number of nitrogens with zero attached hydrogens (tertiary/aromatic N) is 2. The number of hydrogen-bond donors (Lipinski definition) is 1. The second kappa shape index (κ2) is 10.3. The van der Waals surface area contributed by atoms with E-state index in [1.54, 1.807) is 19.1 Å². The van der Waals surface area contributed by atoms with Crippen molar-refractivity contribution in [1.82, 2.24) is 9.73 Å². The van der Waals surface area contributed by atoms with Gasteiger partial charge in [0.2, 0.25) is 10.0 Å². The van der Waals surface area contributed by atoms with E-state index in [4.69, 9.17) is 4.74 Å². The molecule has 1 N–H and O–H groups in total. The standard InChI is InChI=1S/C22H25F2N3O4S2/c1-15(31-2)21(28)27-22(16-8-5-4-6-9-16,12-7-13-25-33(3,29)30)32-20(26-27)18-14-17(23)10-11-19(18)24/h4-6,8-11,14-15,25H,7,12-13H2,1-3H3. The van der Waals surface area contributed by atoms with Crippen LogP contribution in [0.25, 0.3) is 0 Å². The number of thioether (sulfide) groups is 1. The van der Waals surface area contributed by atoms with Crippen LogP contribution < -0.4 is 4.72 Å². The zero-order chi connectivity index (χ0) is 24.2. The number of benzene rings is 2. The van der Waals surface area contributed by atoms with E-state index in [9.17, 15) is 22.0 Å². The van der Waals surface area contributed by atoms with E-state index in [0.717, 1.165) is 36.2 Å². The highest BCUT2D eigenvalue weighted by molar-refractivity contribution is 8.15. The maximum atomic E-state index is 14.6. The van der Waals surface area contributed by atoms with Crippen LogP contribution in [0.15, 0.2) is 53.6 Å². The average molecular weight is 498 g/mol. The zero-order valence-corrected chi connectivity index (χ0v) is 20.1. The Hall–Kier alpha value is -2.34. The van der Waals surface area contributed by atoms with Gasteiger partial charge in [-0.2, -0.15) is 5.10 Å². The van der Waals surface area contributed by atoms with Gasteiger partial charge in [-0.1, -0.05) is 42.1 Å². The molecule has 2 unspecified atom stereocenters. The van der Waals surface area contributed by atoms with Gasteiger partial charge in [-0.25, -0.2) is 26.9 Å². The van der Waals surface area contributed by atoms with E-state index >= 15 is 0 Å². The monoisotopic (exact) mass is 497 g/mol. The molecule has 0 radical (unpaired) electrons. The lowest BCUT2D eigenvalue weighted by Crippen LogP contribution is -2.46. The highest BCUT2D eigenvalue weighted by Crippen LogP contribution is 2.50. The molecule has 33 heavy (non-hydrogen) atoms. The first-order valence-electron chi connectivity index (χ1n) is 10.2. The van der Waals surface area contributed by atoms with E-state index in [1.807, 2.05) is 18.2 Å². The fourth-order valence-electron chi connectivity index (χ4n) is 3.43. The molecule has 1 amide bonds. The molecule has 11 heteroatoms. The number of halogens is 2. The van der Waals surface area contributed by atoms with Crippen molar-refractivity contribution in [3.63, 3.8) is 0 Å². The van der Waals surface area contributed by atoms with Crippen molar-refractivity contribution in [3.8, 4) is 0 Å². The molecule has 178 valence electrons. The molecule has 2 aromatic carbocycles. The maximum Gasteiger partial charge on any atom is 0.273 e. The van der Waals surface area contributed by atoms with Gasteiger partial charge in [0, 0.05) is 19.2 Å². The first kappa shape index (κ1) is 25.3. The molecule has 2 aromatic rings. The van der Waals surface area contributed by atoms with E-state index in [-0.39, 0.29) is 23.6 Å². The predicted molar refractivity (Wildman–Crippen MR) is 124 cm³/mol. The summed E-state index contributed by atoms with van der Waals surface area (Å²) < 4.78 is 59.1. The third-order valence-electron chi connectivity index (χ3n) is 5.15. The van der Waals surface area contributed by atoms with Gasteiger partial charge in [0.1, 0.15) is 27.7 Å². The molecule has 1 aliphatic rings. The molecule has 0 fully saturated rings. The number of ether oxygens (including phenoxy) is 1.